The summed E-state index contributed by atoms with van der Waals surface area (Å²) >= 11 is 0. The molecular formula is C24H20F5N5O3. The summed E-state index contributed by atoms with van der Waals surface area (Å²) in [5, 5.41) is 13.4. The number of pyridine rings is 1. The fraction of sp³-hybridized carbons (Fsp3) is 0.375. The predicted molar refractivity (Wildman–Crippen MR) is 117 cm³/mol. The maximum absolute atomic E-state index is 13.9. The Hall–Kier alpha value is -4.08. The average molecular weight is 521 g/mol. The van der Waals surface area contributed by atoms with Gasteiger partial charge in [0.05, 0.1) is 11.1 Å². The molecule has 4 rings (SSSR count). The number of aromatic nitrogens is 3. The number of benzene rings is 1. The van der Waals surface area contributed by atoms with E-state index < -0.39 is 41.2 Å². The van der Waals surface area contributed by atoms with Crippen molar-refractivity contribution in [2.75, 3.05) is 13.1 Å². The number of amides is 1. The molecule has 0 bridgehead atoms. The van der Waals surface area contributed by atoms with E-state index in [1.807, 2.05) is 0 Å². The summed E-state index contributed by atoms with van der Waals surface area (Å²) < 4.78 is 76.3. The van der Waals surface area contributed by atoms with Crippen molar-refractivity contribution in [1.82, 2.24) is 20.0 Å². The molecule has 3 heterocycles. The Morgan fingerprint density at radius 2 is 1.89 bits per heavy atom. The van der Waals surface area contributed by atoms with Gasteiger partial charge in [0.2, 0.25) is 11.8 Å². The van der Waals surface area contributed by atoms with Crippen molar-refractivity contribution in [2.45, 2.75) is 44.9 Å². The van der Waals surface area contributed by atoms with Crippen molar-refractivity contribution in [3.8, 4) is 11.9 Å². The molecule has 1 saturated heterocycles. The van der Waals surface area contributed by atoms with Gasteiger partial charge in [-0.15, -0.1) is 0 Å². The largest absolute Gasteiger partial charge is 0.472 e. The molecule has 8 nitrogen and oxygen atoms in total. The highest BCUT2D eigenvalue weighted by molar-refractivity contribution is 5.96. The van der Waals surface area contributed by atoms with E-state index in [4.69, 9.17) is 9.26 Å². The Morgan fingerprint density at radius 1 is 1.22 bits per heavy atom. The van der Waals surface area contributed by atoms with Gasteiger partial charge in [-0.3, -0.25) is 4.79 Å². The molecule has 0 spiro atoms. The van der Waals surface area contributed by atoms with Gasteiger partial charge in [0.25, 0.3) is 12.3 Å². The molecule has 1 aliphatic rings. The van der Waals surface area contributed by atoms with Crippen LogP contribution in [0.5, 0.6) is 5.88 Å². The Kier molecular flexibility index (Phi) is 7.37. The second kappa shape index (κ2) is 10.5. The predicted octanol–water partition coefficient (Wildman–Crippen LogP) is 5.20. The van der Waals surface area contributed by atoms with E-state index in [1.54, 1.807) is 13.0 Å². The minimum atomic E-state index is -4.51. The molecule has 1 amide bonds. The summed E-state index contributed by atoms with van der Waals surface area (Å²) in [6.45, 7) is 1.86. The molecule has 1 fully saturated rings. The van der Waals surface area contributed by atoms with E-state index >= 15 is 0 Å². The van der Waals surface area contributed by atoms with E-state index in [0.29, 0.717) is 30.1 Å². The van der Waals surface area contributed by atoms with Gasteiger partial charge in [-0.05, 0) is 36.6 Å². The van der Waals surface area contributed by atoms with Crippen molar-refractivity contribution < 1.29 is 36.0 Å². The minimum Gasteiger partial charge on any atom is -0.472 e. The van der Waals surface area contributed by atoms with Crippen LogP contribution in [0.3, 0.4) is 0 Å². The lowest BCUT2D eigenvalue weighted by atomic mass is 9.95. The van der Waals surface area contributed by atoms with Gasteiger partial charge < -0.3 is 14.2 Å². The standard InChI is InChI=1S/C24H20F5N5O3/c1-13-31-21(33-37-13)15-6-8-34(9-7-15)23(35)18-10-16(11-30)22(32-19(18)20(25)26)36-12-14-2-4-17(5-3-14)24(27,28)29/h2-5,10,15,20H,6-9,12H2,1H3. The molecule has 1 aromatic carbocycles. The lowest BCUT2D eigenvalue weighted by Gasteiger charge is -2.31. The molecule has 0 saturated carbocycles. The van der Waals surface area contributed by atoms with Crippen LogP contribution in [0.25, 0.3) is 0 Å². The van der Waals surface area contributed by atoms with Crippen LogP contribution in [-0.2, 0) is 12.8 Å². The average Bonchev–Trinajstić information content (AvgIpc) is 3.32. The van der Waals surface area contributed by atoms with Gasteiger partial charge in [-0.1, -0.05) is 17.3 Å². The van der Waals surface area contributed by atoms with Crippen LogP contribution in [0.2, 0.25) is 0 Å². The van der Waals surface area contributed by atoms with Crippen molar-refractivity contribution in [2.24, 2.45) is 0 Å². The molecular weight excluding hydrogens is 501 g/mol. The summed E-state index contributed by atoms with van der Waals surface area (Å²) in [4.78, 5) is 22.4. The van der Waals surface area contributed by atoms with E-state index in [1.165, 1.54) is 17.0 Å². The van der Waals surface area contributed by atoms with Crippen LogP contribution in [-0.4, -0.2) is 39.0 Å². The first kappa shape index (κ1) is 26.0. The van der Waals surface area contributed by atoms with Crippen molar-refractivity contribution in [3.63, 3.8) is 0 Å². The number of alkyl halides is 5. The number of nitrogens with zero attached hydrogens (tertiary/aromatic N) is 5. The summed E-state index contributed by atoms with van der Waals surface area (Å²) in [5.74, 6) is -0.228. The molecule has 0 unspecified atom stereocenters. The molecule has 0 atom stereocenters. The molecule has 0 radical (unpaired) electrons. The summed E-state index contributed by atoms with van der Waals surface area (Å²) in [6, 6.07) is 6.83. The third kappa shape index (κ3) is 5.84. The number of piperidine rings is 1. The molecule has 0 aliphatic carbocycles. The molecule has 0 N–H and O–H groups in total. The second-order valence-corrected chi connectivity index (χ2v) is 8.41. The molecule has 194 valence electrons. The van der Waals surface area contributed by atoms with Crippen LogP contribution in [0.1, 0.15) is 69.6 Å². The number of aryl methyl sites for hydroxylation is 1. The molecule has 3 aromatic rings. The number of nitriles is 1. The Balaban J connectivity index is 1.50. The van der Waals surface area contributed by atoms with E-state index in [-0.39, 0.29) is 31.2 Å². The fourth-order valence-electron chi connectivity index (χ4n) is 3.97. The quantitative estimate of drug-likeness (QED) is 0.411. The van der Waals surface area contributed by atoms with Gasteiger partial charge in [-0.2, -0.15) is 23.4 Å². The molecule has 2 aromatic heterocycles. The molecule has 1 aliphatic heterocycles. The van der Waals surface area contributed by atoms with Crippen molar-refractivity contribution >= 4 is 5.91 Å². The van der Waals surface area contributed by atoms with Crippen molar-refractivity contribution in [1.29, 1.82) is 5.26 Å². The maximum atomic E-state index is 13.9. The van der Waals surface area contributed by atoms with Crippen LogP contribution in [0, 0.1) is 18.3 Å². The lowest BCUT2D eigenvalue weighted by molar-refractivity contribution is -0.137. The monoisotopic (exact) mass is 521 g/mol. The van der Waals surface area contributed by atoms with Gasteiger partial charge in [0, 0.05) is 25.9 Å². The normalized spacial score (nSPS) is 14.6. The number of hydrogen-bond donors (Lipinski definition) is 0. The number of carbonyl (C=O) groups is 1. The fourth-order valence-corrected chi connectivity index (χ4v) is 3.97. The number of ether oxygens (including phenoxy) is 1. The van der Waals surface area contributed by atoms with E-state index in [0.717, 1.165) is 18.2 Å². The SMILES string of the molecule is Cc1nc(C2CCN(C(=O)c3cc(C#N)c(OCc4ccc(C(F)(F)F)cc4)nc3C(F)F)CC2)no1. The van der Waals surface area contributed by atoms with E-state index in [9.17, 15) is 32.0 Å². The minimum absolute atomic E-state index is 0.0372. The zero-order chi connectivity index (χ0) is 26.7. The first-order valence-corrected chi connectivity index (χ1v) is 11.2. The number of hydrogen-bond acceptors (Lipinski definition) is 7. The maximum Gasteiger partial charge on any atom is 0.416 e. The van der Waals surface area contributed by atoms with Crippen LogP contribution >= 0.6 is 0 Å². The van der Waals surface area contributed by atoms with Gasteiger partial charge >= 0.3 is 6.18 Å². The Morgan fingerprint density at radius 3 is 2.43 bits per heavy atom. The topological polar surface area (TPSA) is 105 Å². The smallest absolute Gasteiger partial charge is 0.416 e. The number of rotatable bonds is 6. The number of likely N-dealkylation sites (tertiary alicyclic amines) is 1. The summed E-state index contributed by atoms with van der Waals surface area (Å²) in [7, 11) is 0. The van der Waals surface area contributed by atoms with Crippen LogP contribution in [0.4, 0.5) is 22.0 Å². The van der Waals surface area contributed by atoms with Gasteiger partial charge in [0.1, 0.15) is 23.9 Å². The lowest BCUT2D eigenvalue weighted by Crippen LogP contribution is -2.38. The third-order valence-corrected chi connectivity index (χ3v) is 5.92. The van der Waals surface area contributed by atoms with Crippen molar-refractivity contribution in [3.05, 3.63) is 70.0 Å². The third-order valence-electron chi connectivity index (χ3n) is 5.92. The first-order chi connectivity index (χ1) is 17.6. The second-order valence-electron chi connectivity index (χ2n) is 8.41. The highest BCUT2D eigenvalue weighted by Crippen LogP contribution is 2.32. The molecule has 13 heteroatoms. The zero-order valence-electron chi connectivity index (χ0n) is 19.4. The summed E-state index contributed by atoms with van der Waals surface area (Å²) in [6.07, 6.45) is -6.64. The number of halogens is 5. The zero-order valence-corrected chi connectivity index (χ0v) is 19.4. The highest BCUT2D eigenvalue weighted by atomic mass is 19.4. The Labute approximate surface area is 207 Å². The number of carbonyl (C=O) groups excluding carboxylic acids is 1. The van der Waals surface area contributed by atoms with Gasteiger partial charge in [0.15, 0.2) is 5.82 Å². The first-order valence-electron chi connectivity index (χ1n) is 11.2. The highest BCUT2D eigenvalue weighted by Gasteiger charge is 2.32. The van der Waals surface area contributed by atoms with E-state index in [2.05, 4.69) is 15.1 Å². The van der Waals surface area contributed by atoms with Gasteiger partial charge in [-0.25, -0.2) is 13.8 Å². The molecule has 37 heavy (non-hydrogen) atoms. The van der Waals surface area contributed by atoms with Crippen LogP contribution < -0.4 is 4.74 Å². The summed E-state index contributed by atoms with van der Waals surface area (Å²) in [5.41, 5.74) is -2.06. The Bertz CT molecular complexity index is 1310. The van der Waals surface area contributed by atoms with Crippen LogP contribution in [0.15, 0.2) is 34.9 Å².